The molecule has 0 aromatic carbocycles. The van der Waals surface area contributed by atoms with Crippen molar-refractivity contribution in [1.82, 2.24) is 9.47 Å². The molecule has 0 N–H and O–H groups in total. The summed E-state index contributed by atoms with van der Waals surface area (Å²) < 4.78 is 41.4. The Morgan fingerprint density at radius 1 is 1.29 bits per heavy atom. The lowest BCUT2D eigenvalue weighted by Crippen LogP contribution is -2.35. The number of aromatic nitrogens is 1. The molecule has 1 aromatic rings. The fraction of sp³-hybridized carbons (Fsp3) is 0.471. The minimum Gasteiger partial charge on any atom is -0.330 e. The predicted molar refractivity (Wildman–Crippen MR) is 91.4 cm³/mol. The average Bonchev–Trinajstić information content (AvgIpc) is 2.92. The normalized spacial score (nSPS) is 17.7. The molecule has 3 rings (SSSR count). The first-order chi connectivity index (χ1) is 11.4. The molecule has 0 saturated heterocycles. The van der Waals surface area contributed by atoms with Crippen molar-refractivity contribution in [3.63, 3.8) is 0 Å². The molecule has 1 aliphatic heterocycles. The maximum Gasteiger partial charge on any atom is 0.208 e. The molecular weight excluding hydrogens is 329 g/mol. The van der Waals surface area contributed by atoms with E-state index in [2.05, 4.69) is 4.99 Å². The van der Waals surface area contributed by atoms with Gasteiger partial charge in [-0.05, 0) is 33.0 Å². The van der Waals surface area contributed by atoms with Crippen LogP contribution in [0.15, 0.2) is 39.0 Å². The van der Waals surface area contributed by atoms with Crippen LogP contribution in [0.4, 0.5) is 4.39 Å². The van der Waals surface area contributed by atoms with Crippen molar-refractivity contribution in [2.75, 3.05) is 27.2 Å². The topological polar surface area (TPSA) is 54.7 Å². The SMILES string of the molecule is CN(C)CCn1cc(S(=O)(=O)C2=CCCC(F)=C2)c2c1=NCCC=2. The van der Waals surface area contributed by atoms with E-state index >= 15 is 0 Å². The number of hydrogen-bond acceptors (Lipinski definition) is 4. The van der Waals surface area contributed by atoms with E-state index in [9.17, 15) is 12.8 Å². The molecule has 5 nitrogen and oxygen atoms in total. The van der Waals surface area contributed by atoms with E-state index < -0.39 is 9.84 Å². The summed E-state index contributed by atoms with van der Waals surface area (Å²) >= 11 is 0. The van der Waals surface area contributed by atoms with E-state index in [4.69, 9.17) is 0 Å². The second-order valence-corrected chi connectivity index (χ2v) is 8.26. The number of allylic oxidation sites excluding steroid dienone is 3. The molecule has 0 bridgehead atoms. The third kappa shape index (κ3) is 3.23. The lowest BCUT2D eigenvalue weighted by Gasteiger charge is -2.10. The van der Waals surface area contributed by atoms with Crippen molar-refractivity contribution in [3.8, 4) is 0 Å². The Hall–Kier alpha value is -1.73. The van der Waals surface area contributed by atoms with Crippen LogP contribution in [0, 0.1) is 0 Å². The van der Waals surface area contributed by atoms with Gasteiger partial charge in [-0.1, -0.05) is 12.2 Å². The highest BCUT2D eigenvalue weighted by molar-refractivity contribution is 7.95. The van der Waals surface area contributed by atoms with E-state index in [1.54, 1.807) is 12.3 Å². The van der Waals surface area contributed by atoms with Crippen molar-refractivity contribution < 1.29 is 12.8 Å². The summed E-state index contributed by atoms with van der Waals surface area (Å²) in [5, 5.41) is 0.653. The van der Waals surface area contributed by atoms with Crippen LogP contribution >= 0.6 is 0 Å². The van der Waals surface area contributed by atoms with Crippen molar-refractivity contribution in [2.24, 2.45) is 4.99 Å². The molecule has 0 saturated carbocycles. The van der Waals surface area contributed by atoms with E-state index in [0.717, 1.165) is 19.0 Å². The summed E-state index contributed by atoms with van der Waals surface area (Å²) in [5.74, 6) is -0.384. The van der Waals surface area contributed by atoms with Crippen molar-refractivity contribution in [2.45, 2.75) is 30.7 Å². The molecule has 2 aliphatic rings. The lowest BCUT2D eigenvalue weighted by molar-refractivity contribution is 0.380. The highest BCUT2D eigenvalue weighted by Crippen LogP contribution is 2.25. The zero-order valence-electron chi connectivity index (χ0n) is 14.0. The van der Waals surface area contributed by atoms with Crippen LogP contribution < -0.4 is 10.7 Å². The van der Waals surface area contributed by atoms with Crippen LogP contribution in [-0.2, 0) is 16.4 Å². The third-order valence-electron chi connectivity index (χ3n) is 4.21. The molecule has 7 heteroatoms. The summed E-state index contributed by atoms with van der Waals surface area (Å²) in [6.07, 6.45) is 7.71. The van der Waals surface area contributed by atoms with E-state index in [1.165, 1.54) is 0 Å². The number of sulfone groups is 1. The van der Waals surface area contributed by atoms with Gasteiger partial charge in [-0.15, -0.1) is 0 Å². The van der Waals surface area contributed by atoms with Crippen LogP contribution in [0.25, 0.3) is 6.08 Å². The lowest BCUT2D eigenvalue weighted by atomic mass is 10.2. The third-order valence-corrected chi connectivity index (χ3v) is 6.02. The standard InChI is InChI=1S/C17H22FN3O2S/c1-20(2)9-10-21-12-16(15-7-4-8-19-17(15)21)24(22,23)14-6-3-5-13(18)11-14/h6-7,11-12H,3-5,8-10H2,1-2H3. The second kappa shape index (κ2) is 6.64. The molecule has 1 aliphatic carbocycles. The Morgan fingerprint density at radius 2 is 2.08 bits per heavy atom. The van der Waals surface area contributed by atoms with Gasteiger partial charge in [0.2, 0.25) is 9.84 Å². The smallest absolute Gasteiger partial charge is 0.208 e. The first-order valence-corrected chi connectivity index (χ1v) is 9.58. The summed E-state index contributed by atoms with van der Waals surface area (Å²) in [6, 6.07) is 0. The Kier molecular flexibility index (Phi) is 4.73. The number of halogens is 1. The maximum atomic E-state index is 13.6. The molecule has 0 atom stereocenters. The minimum atomic E-state index is -3.74. The van der Waals surface area contributed by atoms with Crippen molar-refractivity contribution in [3.05, 3.63) is 39.8 Å². The first kappa shape index (κ1) is 17.1. The van der Waals surface area contributed by atoms with Crippen LogP contribution in [0.2, 0.25) is 0 Å². The quantitative estimate of drug-likeness (QED) is 0.800. The van der Waals surface area contributed by atoms with Gasteiger partial charge in [-0.2, -0.15) is 0 Å². The summed E-state index contributed by atoms with van der Waals surface area (Å²) in [5.41, 5.74) is 0.711. The van der Waals surface area contributed by atoms with Gasteiger partial charge in [0.15, 0.2) is 0 Å². The molecule has 0 amide bonds. The zero-order valence-corrected chi connectivity index (χ0v) is 14.8. The number of nitrogens with zero attached hydrogens (tertiary/aromatic N) is 3. The van der Waals surface area contributed by atoms with Gasteiger partial charge in [0.1, 0.15) is 11.3 Å². The largest absolute Gasteiger partial charge is 0.330 e. The monoisotopic (exact) mass is 351 g/mol. The van der Waals surface area contributed by atoms with Crippen LogP contribution in [0.1, 0.15) is 19.3 Å². The number of hydrogen-bond donors (Lipinski definition) is 0. The van der Waals surface area contributed by atoms with Gasteiger partial charge in [0.25, 0.3) is 0 Å². The Morgan fingerprint density at radius 3 is 2.79 bits per heavy atom. The molecule has 0 fully saturated rings. The summed E-state index contributed by atoms with van der Waals surface area (Å²) in [4.78, 5) is 6.83. The Balaban J connectivity index is 2.11. The van der Waals surface area contributed by atoms with E-state index in [-0.39, 0.29) is 22.0 Å². The van der Waals surface area contributed by atoms with Gasteiger partial charge >= 0.3 is 0 Å². The zero-order chi connectivity index (χ0) is 17.3. The molecule has 24 heavy (non-hydrogen) atoms. The van der Waals surface area contributed by atoms with Gasteiger partial charge in [0.05, 0.1) is 9.80 Å². The van der Waals surface area contributed by atoms with E-state index in [0.29, 0.717) is 30.2 Å². The van der Waals surface area contributed by atoms with Gasteiger partial charge < -0.3 is 9.47 Å². The maximum absolute atomic E-state index is 13.6. The Labute approximate surface area is 141 Å². The second-order valence-electron chi connectivity index (χ2n) is 6.34. The highest BCUT2D eigenvalue weighted by Gasteiger charge is 2.26. The summed E-state index contributed by atoms with van der Waals surface area (Å²) in [6.45, 7) is 2.11. The fourth-order valence-electron chi connectivity index (χ4n) is 2.93. The number of fused-ring (bicyclic) bond motifs is 1. The van der Waals surface area contributed by atoms with Gasteiger partial charge in [-0.3, -0.25) is 4.99 Å². The van der Waals surface area contributed by atoms with Gasteiger partial charge in [0, 0.05) is 37.5 Å². The predicted octanol–water partition coefficient (Wildman–Crippen LogP) is 1.16. The molecule has 1 aromatic heterocycles. The molecular formula is C17H22FN3O2S. The van der Waals surface area contributed by atoms with Crippen molar-refractivity contribution in [1.29, 1.82) is 0 Å². The molecule has 130 valence electrons. The average molecular weight is 351 g/mol. The van der Waals surface area contributed by atoms with Gasteiger partial charge in [-0.25, -0.2) is 12.8 Å². The molecule has 2 heterocycles. The minimum absolute atomic E-state index is 0.0535. The van der Waals surface area contributed by atoms with E-state index in [1.807, 2.05) is 29.6 Å². The van der Waals surface area contributed by atoms with Crippen molar-refractivity contribution >= 4 is 15.9 Å². The first-order valence-electron chi connectivity index (χ1n) is 8.09. The Bertz CT molecular complexity index is 924. The number of likely N-dealkylation sites (N-methyl/N-ethyl adjacent to an activating group) is 1. The number of rotatable bonds is 5. The highest BCUT2D eigenvalue weighted by atomic mass is 32.2. The molecule has 0 spiro atoms. The molecule has 0 unspecified atom stereocenters. The molecule has 0 radical (unpaired) electrons. The van der Waals surface area contributed by atoms with Crippen LogP contribution in [0.3, 0.4) is 0 Å². The summed E-state index contributed by atoms with van der Waals surface area (Å²) in [7, 11) is 0.204. The fourth-order valence-corrected chi connectivity index (χ4v) is 4.53. The van der Waals surface area contributed by atoms with Crippen LogP contribution in [0.5, 0.6) is 0 Å². The van der Waals surface area contributed by atoms with Crippen LogP contribution in [-0.4, -0.2) is 45.1 Å².